The molecular weight excluding hydrogens is 421 g/mol. The molecule has 0 saturated carbocycles. The monoisotopic (exact) mass is 447 g/mol. The van der Waals surface area contributed by atoms with Gasteiger partial charge < -0.3 is 19.7 Å². The molecule has 2 amide bonds. The second-order valence-electron chi connectivity index (χ2n) is 7.33. The first-order chi connectivity index (χ1) is 15.1. The molecule has 0 aromatic heterocycles. The minimum Gasteiger partial charge on any atom is -0.490 e. The first-order valence-corrected chi connectivity index (χ1v) is 9.92. The number of ether oxygens (including phenoxy) is 2. The van der Waals surface area contributed by atoms with E-state index in [0.717, 1.165) is 0 Å². The second kappa shape index (κ2) is 11.1. The predicted molar refractivity (Wildman–Crippen MR) is 115 cm³/mol. The van der Waals surface area contributed by atoms with Crippen molar-refractivity contribution < 1.29 is 28.4 Å². The van der Waals surface area contributed by atoms with E-state index >= 15 is 0 Å². The SMILES string of the molecule is COc1cc(OCC(=O)N(Cc2ccccc2F)[C@@H](C)C(=O)NC(C)C)ccc1[N+](=O)[O-]. The van der Waals surface area contributed by atoms with E-state index in [0.29, 0.717) is 0 Å². The zero-order chi connectivity index (χ0) is 23.8. The van der Waals surface area contributed by atoms with Crippen molar-refractivity contribution >= 4 is 17.5 Å². The van der Waals surface area contributed by atoms with Gasteiger partial charge in [0, 0.05) is 30.3 Å². The van der Waals surface area contributed by atoms with Crippen LogP contribution in [0.4, 0.5) is 10.1 Å². The van der Waals surface area contributed by atoms with Crippen molar-refractivity contribution in [1.29, 1.82) is 0 Å². The van der Waals surface area contributed by atoms with Gasteiger partial charge in [-0.05, 0) is 32.9 Å². The van der Waals surface area contributed by atoms with Crippen molar-refractivity contribution in [3.8, 4) is 11.5 Å². The Morgan fingerprint density at radius 2 is 1.88 bits per heavy atom. The van der Waals surface area contributed by atoms with Gasteiger partial charge in [-0.3, -0.25) is 19.7 Å². The van der Waals surface area contributed by atoms with E-state index in [-0.39, 0.29) is 41.2 Å². The summed E-state index contributed by atoms with van der Waals surface area (Å²) in [6.07, 6.45) is 0. The lowest BCUT2D eigenvalue weighted by Crippen LogP contribution is -2.50. The Kier molecular flexibility index (Phi) is 8.51. The Morgan fingerprint density at radius 3 is 2.47 bits per heavy atom. The fourth-order valence-electron chi connectivity index (χ4n) is 2.92. The largest absolute Gasteiger partial charge is 0.490 e. The quantitative estimate of drug-likeness (QED) is 0.443. The number of nitro groups is 1. The summed E-state index contributed by atoms with van der Waals surface area (Å²) in [6.45, 7) is 4.53. The number of carbonyl (C=O) groups is 2. The average molecular weight is 447 g/mol. The summed E-state index contributed by atoms with van der Waals surface area (Å²) >= 11 is 0. The number of hydrogen-bond donors (Lipinski definition) is 1. The third-order valence-corrected chi connectivity index (χ3v) is 4.61. The molecule has 1 atom stereocenters. The maximum atomic E-state index is 14.2. The van der Waals surface area contributed by atoms with Crippen molar-refractivity contribution in [2.45, 2.75) is 39.4 Å². The van der Waals surface area contributed by atoms with Crippen LogP contribution >= 0.6 is 0 Å². The number of methoxy groups -OCH3 is 1. The third-order valence-electron chi connectivity index (χ3n) is 4.61. The van der Waals surface area contributed by atoms with Crippen LogP contribution in [0.1, 0.15) is 26.3 Å². The minimum atomic E-state index is -0.889. The Morgan fingerprint density at radius 1 is 1.19 bits per heavy atom. The molecule has 0 heterocycles. The van der Waals surface area contributed by atoms with E-state index in [9.17, 15) is 24.1 Å². The molecule has 0 unspecified atom stereocenters. The second-order valence-corrected chi connectivity index (χ2v) is 7.33. The van der Waals surface area contributed by atoms with E-state index in [1.165, 1.54) is 48.4 Å². The summed E-state index contributed by atoms with van der Waals surface area (Å²) in [7, 11) is 1.28. The van der Waals surface area contributed by atoms with Crippen LogP contribution in [-0.2, 0) is 16.1 Å². The summed E-state index contributed by atoms with van der Waals surface area (Å²) in [4.78, 5) is 37.1. The summed E-state index contributed by atoms with van der Waals surface area (Å²) in [5, 5.41) is 13.8. The van der Waals surface area contributed by atoms with Gasteiger partial charge in [-0.1, -0.05) is 18.2 Å². The number of hydrogen-bond acceptors (Lipinski definition) is 6. The topological polar surface area (TPSA) is 111 Å². The molecule has 2 rings (SSSR count). The van der Waals surface area contributed by atoms with Gasteiger partial charge >= 0.3 is 5.69 Å². The molecule has 0 fully saturated rings. The predicted octanol–water partition coefficient (Wildman–Crippen LogP) is 3.06. The molecule has 0 bridgehead atoms. The number of nitrogens with one attached hydrogen (secondary N) is 1. The fraction of sp³-hybridized carbons (Fsp3) is 0.364. The Hall–Kier alpha value is -3.69. The number of amides is 2. The van der Waals surface area contributed by atoms with Gasteiger partial charge in [0.15, 0.2) is 6.61 Å². The van der Waals surface area contributed by atoms with Crippen LogP contribution in [-0.4, -0.2) is 47.4 Å². The lowest BCUT2D eigenvalue weighted by atomic mass is 10.1. The normalized spacial score (nSPS) is 11.6. The Labute approximate surface area is 185 Å². The van der Waals surface area contributed by atoms with Gasteiger partial charge in [0.05, 0.1) is 12.0 Å². The molecule has 32 heavy (non-hydrogen) atoms. The van der Waals surface area contributed by atoms with Crippen LogP contribution in [0.2, 0.25) is 0 Å². The number of rotatable bonds is 10. The van der Waals surface area contributed by atoms with Crippen molar-refractivity contribution in [2.75, 3.05) is 13.7 Å². The van der Waals surface area contributed by atoms with E-state index in [1.54, 1.807) is 26.8 Å². The smallest absolute Gasteiger partial charge is 0.311 e. The molecule has 0 radical (unpaired) electrons. The van der Waals surface area contributed by atoms with Crippen molar-refractivity contribution in [2.24, 2.45) is 0 Å². The molecule has 0 saturated heterocycles. The highest BCUT2D eigenvalue weighted by molar-refractivity contribution is 5.88. The maximum Gasteiger partial charge on any atom is 0.311 e. The lowest BCUT2D eigenvalue weighted by molar-refractivity contribution is -0.385. The van der Waals surface area contributed by atoms with Crippen LogP contribution in [0.15, 0.2) is 42.5 Å². The molecule has 0 aliphatic carbocycles. The van der Waals surface area contributed by atoms with Crippen LogP contribution in [0.25, 0.3) is 0 Å². The summed E-state index contributed by atoms with van der Waals surface area (Å²) < 4.78 is 24.7. The van der Waals surface area contributed by atoms with E-state index < -0.39 is 29.3 Å². The third kappa shape index (κ3) is 6.40. The highest BCUT2D eigenvalue weighted by Crippen LogP contribution is 2.30. The molecule has 2 aromatic carbocycles. The van der Waals surface area contributed by atoms with E-state index in [2.05, 4.69) is 5.32 Å². The molecule has 2 aromatic rings. The van der Waals surface area contributed by atoms with Gasteiger partial charge in [-0.25, -0.2) is 4.39 Å². The summed E-state index contributed by atoms with van der Waals surface area (Å²) in [5.41, 5.74) is 0.00777. The van der Waals surface area contributed by atoms with E-state index in [1.807, 2.05) is 0 Å². The first-order valence-electron chi connectivity index (χ1n) is 9.92. The maximum absolute atomic E-state index is 14.2. The molecule has 1 N–H and O–H groups in total. The Bertz CT molecular complexity index is 982. The number of carbonyl (C=O) groups excluding carboxylic acids is 2. The number of benzene rings is 2. The highest BCUT2D eigenvalue weighted by Gasteiger charge is 2.27. The van der Waals surface area contributed by atoms with E-state index in [4.69, 9.17) is 9.47 Å². The number of nitro benzene ring substituents is 1. The summed E-state index contributed by atoms with van der Waals surface area (Å²) in [5.74, 6) is -1.29. The first kappa shape index (κ1) is 24.6. The molecule has 0 aliphatic rings. The summed E-state index contributed by atoms with van der Waals surface area (Å²) in [6, 6.07) is 8.78. The van der Waals surface area contributed by atoms with Gasteiger partial charge in [0.2, 0.25) is 11.7 Å². The van der Waals surface area contributed by atoms with Gasteiger partial charge in [0.25, 0.3) is 5.91 Å². The van der Waals surface area contributed by atoms with Crippen LogP contribution in [0.5, 0.6) is 11.5 Å². The van der Waals surface area contributed by atoms with Crippen LogP contribution < -0.4 is 14.8 Å². The molecule has 0 spiro atoms. The number of nitrogens with zero attached hydrogens (tertiary/aromatic N) is 2. The van der Waals surface area contributed by atoms with Crippen molar-refractivity contribution in [3.05, 3.63) is 64.0 Å². The molecule has 9 nitrogen and oxygen atoms in total. The van der Waals surface area contributed by atoms with Crippen molar-refractivity contribution in [1.82, 2.24) is 10.2 Å². The standard InChI is InChI=1S/C22H26FN3O6/c1-14(2)24-22(28)15(3)25(12-16-7-5-6-8-18(16)23)21(27)13-32-17-9-10-19(26(29)30)20(11-17)31-4/h5-11,14-15H,12-13H2,1-4H3,(H,24,28)/t15-/m0/s1. The molecular formula is C22H26FN3O6. The van der Waals surface area contributed by atoms with Crippen molar-refractivity contribution in [3.63, 3.8) is 0 Å². The molecule has 0 aliphatic heterocycles. The molecule has 10 heteroatoms. The number of halogens is 1. The van der Waals surface area contributed by atoms with Gasteiger partial charge in [-0.15, -0.1) is 0 Å². The zero-order valence-electron chi connectivity index (χ0n) is 18.3. The zero-order valence-corrected chi connectivity index (χ0v) is 18.3. The van der Waals surface area contributed by atoms with Crippen LogP contribution in [0, 0.1) is 15.9 Å². The average Bonchev–Trinajstić information content (AvgIpc) is 2.75. The fourth-order valence-corrected chi connectivity index (χ4v) is 2.92. The minimum absolute atomic E-state index is 0.0205. The van der Waals surface area contributed by atoms with Gasteiger partial charge in [-0.2, -0.15) is 0 Å². The van der Waals surface area contributed by atoms with Gasteiger partial charge in [0.1, 0.15) is 17.6 Å². The molecule has 172 valence electrons. The lowest BCUT2D eigenvalue weighted by Gasteiger charge is -2.29. The Balaban J connectivity index is 2.21. The van der Waals surface area contributed by atoms with Crippen LogP contribution in [0.3, 0.4) is 0 Å². The highest BCUT2D eigenvalue weighted by atomic mass is 19.1.